The number of rotatable bonds is 4. The first-order chi connectivity index (χ1) is 6.58. The van der Waals surface area contributed by atoms with Crippen molar-refractivity contribution in [1.29, 1.82) is 0 Å². The van der Waals surface area contributed by atoms with Crippen LogP contribution in [0.4, 0.5) is 0 Å². The Kier molecular flexibility index (Phi) is 4.81. The Morgan fingerprint density at radius 3 is 1.36 bits per heavy atom. The zero-order valence-corrected chi connectivity index (χ0v) is 8.85. The Labute approximate surface area is 84.8 Å². The lowest BCUT2D eigenvalue weighted by atomic mass is 9.95. The van der Waals surface area contributed by atoms with Crippen molar-refractivity contribution in [1.82, 2.24) is 0 Å². The highest BCUT2D eigenvalue weighted by atomic mass is 16.6. The molecule has 0 heterocycles. The summed E-state index contributed by atoms with van der Waals surface area (Å²) in [4.78, 5) is 0. The topological polar surface area (TPSA) is 58.9 Å². The fourth-order valence-corrected chi connectivity index (χ4v) is 1.86. The molecule has 0 bridgehead atoms. The molecule has 0 radical (unpaired) electrons. The van der Waals surface area contributed by atoms with E-state index < -0.39 is 12.6 Å². The van der Waals surface area contributed by atoms with Gasteiger partial charge < -0.3 is 19.7 Å². The van der Waals surface area contributed by atoms with Gasteiger partial charge in [0.05, 0.1) is 12.2 Å². The van der Waals surface area contributed by atoms with Gasteiger partial charge in [0.1, 0.15) is 0 Å². The van der Waals surface area contributed by atoms with Gasteiger partial charge in [0.15, 0.2) is 12.6 Å². The largest absolute Gasteiger partial charge is 0.368 e. The fraction of sp³-hybridized carbons (Fsp3) is 1.00. The molecule has 84 valence electrons. The molecule has 1 aliphatic rings. The third-order valence-corrected chi connectivity index (χ3v) is 2.40. The average Bonchev–Trinajstić information content (AvgIpc) is 2.06. The minimum atomic E-state index is -0.686. The zero-order chi connectivity index (χ0) is 10.6. The van der Waals surface area contributed by atoms with Gasteiger partial charge in [-0.2, -0.15) is 0 Å². The molecule has 0 aromatic heterocycles. The number of aliphatic hydroxyl groups is 2. The van der Waals surface area contributed by atoms with Crippen molar-refractivity contribution >= 4 is 0 Å². The Balaban J connectivity index is 2.17. The van der Waals surface area contributed by atoms with Gasteiger partial charge in [0, 0.05) is 0 Å². The predicted molar refractivity (Wildman–Crippen MR) is 51.6 cm³/mol. The number of ether oxygens (including phenoxy) is 2. The normalized spacial score (nSPS) is 32.6. The van der Waals surface area contributed by atoms with Crippen molar-refractivity contribution in [2.45, 2.75) is 64.3 Å². The Bertz CT molecular complexity index is 132. The van der Waals surface area contributed by atoms with E-state index >= 15 is 0 Å². The molecule has 2 unspecified atom stereocenters. The summed E-state index contributed by atoms with van der Waals surface area (Å²) in [5.41, 5.74) is 0. The Hall–Kier alpha value is -0.160. The summed E-state index contributed by atoms with van der Waals surface area (Å²) in [6, 6.07) is 0. The van der Waals surface area contributed by atoms with Crippen molar-refractivity contribution < 1.29 is 19.7 Å². The standard InChI is InChI=1S/C10H20O4/c1-7(11)13-9-3-5-10(6-4-9)14-8(2)12/h7-12H,3-6H2,1-2H3. The highest BCUT2D eigenvalue weighted by Crippen LogP contribution is 2.24. The molecular weight excluding hydrogens is 184 g/mol. The second-order valence-corrected chi connectivity index (χ2v) is 3.87. The van der Waals surface area contributed by atoms with Gasteiger partial charge in [-0.15, -0.1) is 0 Å². The van der Waals surface area contributed by atoms with E-state index in [2.05, 4.69) is 0 Å². The quantitative estimate of drug-likeness (QED) is 0.671. The summed E-state index contributed by atoms with van der Waals surface area (Å²) in [6.07, 6.45) is 2.48. The fourth-order valence-electron chi connectivity index (χ4n) is 1.86. The van der Waals surface area contributed by atoms with Crippen LogP contribution in [-0.2, 0) is 9.47 Å². The average molecular weight is 204 g/mol. The molecule has 1 rings (SSSR count). The van der Waals surface area contributed by atoms with Gasteiger partial charge >= 0.3 is 0 Å². The molecule has 0 aromatic carbocycles. The monoisotopic (exact) mass is 204 g/mol. The summed E-state index contributed by atoms with van der Waals surface area (Å²) in [7, 11) is 0. The summed E-state index contributed by atoms with van der Waals surface area (Å²) in [5, 5.41) is 18.0. The number of hydrogen-bond acceptors (Lipinski definition) is 4. The molecule has 2 N–H and O–H groups in total. The molecule has 1 fully saturated rings. The minimum absolute atomic E-state index is 0.142. The van der Waals surface area contributed by atoms with Gasteiger partial charge in [-0.3, -0.25) is 0 Å². The van der Waals surface area contributed by atoms with E-state index in [1.54, 1.807) is 13.8 Å². The second kappa shape index (κ2) is 5.66. The van der Waals surface area contributed by atoms with E-state index in [-0.39, 0.29) is 12.2 Å². The van der Waals surface area contributed by atoms with Crippen LogP contribution in [0.5, 0.6) is 0 Å². The third kappa shape index (κ3) is 4.37. The Morgan fingerprint density at radius 1 is 0.857 bits per heavy atom. The van der Waals surface area contributed by atoms with Gasteiger partial charge in [0.25, 0.3) is 0 Å². The van der Waals surface area contributed by atoms with Gasteiger partial charge in [-0.25, -0.2) is 0 Å². The van der Waals surface area contributed by atoms with E-state index in [9.17, 15) is 0 Å². The highest BCUT2D eigenvalue weighted by molar-refractivity contribution is 4.73. The molecular formula is C10H20O4. The van der Waals surface area contributed by atoms with Crippen molar-refractivity contribution in [2.75, 3.05) is 0 Å². The third-order valence-electron chi connectivity index (χ3n) is 2.40. The van der Waals surface area contributed by atoms with Gasteiger partial charge in [-0.1, -0.05) is 0 Å². The molecule has 1 aliphatic carbocycles. The minimum Gasteiger partial charge on any atom is -0.368 e. The van der Waals surface area contributed by atoms with Crippen molar-refractivity contribution in [3.63, 3.8) is 0 Å². The maximum absolute atomic E-state index is 9.02. The molecule has 0 spiro atoms. The summed E-state index contributed by atoms with van der Waals surface area (Å²) in [6.45, 7) is 3.25. The van der Waals surface area contributed by atoms with Crippen LogP contribution in [0.2, 0.25) is 0 Å². The molecule has 4 heteroatoms. The van der Waals surface area contributed by atoms with Crippen LogP contribution in [0.15, 0.2) is 0 Å². The molecule has 1 saturated carbocycles. The first-order valence-corrected chi connectivity index (χ1v) is 5.25. The van der Waals surface area contributed by atoms with Crippen LogP contribution in [0.3, 0.4) is 0 Å². The molecule has 2 atom stereocenters. The van der Waals surface area contributed by atoms with Crippen LogP contribution < -0.4 is 0 Å². The van der Waals surface area contributed by atoms with Crippen molar-refractivity contribution in [2.24, 2.45) is 0 Å². The Morgan fingerprint density at radius 2 is 1.14 bits per heavy atom. The molecule has 4 nitrogen and oxygen atoms in total. The molecule has 0 amide bonds. The van der Waals surface area contributed by atoms with Crippen molar-refractivity contribution in [3.05, 3.63) is 0 Å². The zero-order valence-electron chi connectivity index (χ0n) is 8.85. The van der Waals surface area contributed by atoms with E-state index in [1.807, 2.05) is 0 Å². The lowest BCUT2D eigenvalue weighted by Gasteiger charge is -2.29. The van der Waals surface area contributed by atoms with Crippen LogP contribution in [0.1, 0.15) is 39.5 Å². The lowest BCUT2D eigenvalue weighted by molar-refractivity contribution is -0.165. The first kappa shape index (κ1) is 11.9. The van der Waals surface area contributed by atoms with Crippen LogP contribution in [0, 0.1) is 0 Å². The van der Waals surface area contributed by atoms with Crippen LogP contribution in [-0.4, -0.2) is 35.0 Å². The first-order valence-electron chi connectivity index (χ1n) is 5.25. The SMILES string of the molecule is CC(O)OC1CCC(OC(C)O)CC1. The lowest BCUT2D eigenvalue weighted by Crippen LogP contribution is -2.30. The van der Waals surface area contributed by atoms with E-state index in [0.29, 0.717) is 0 Å². The smallest absolute Gasteiger partial charge is 0.152 e. The number of aliphatic hydroxyl groups excluding tert-OH is 2. The van der Waals surface area contributed by atoms with Gasteiger partial charge in [-0.05, 0) is 39.5 Å². The maximum Gasteiger partial charge on any atom is 0.152 e. The van der Waals surface area contributed by atoms with E-state index in [4.69, 9.17) is 19.7 Å². The molecule has 0 aromatic rings. The van der Waals surface area contributed by atoms with Crippen LogP contribution >= 0.6 is 0 Å². The number of hydrogen-bond donors (Lipinski definition) is 2. The summed E-state index contributed by atoms with van der Waals surface area (Å²) >= 11 is 0. The highest BCUT2D eigenvalue weighted by Gasteiger charge is 2.23. The summed E-state index contributed by atoms with van der Waals surface area (Å²) < 4.78 is 10.6. The molecule has 0 aliphatic heterocycles. The molecule has 14 heavy (non-hydrogen) atoms. The van der Waals surface area contributed by atoms with E-state index in [0.717, 1.165) is 25.7 Å². The van der Waals surface area contributed by atoms with Crippen LogP contribution in [0.25, 0.3) is 0 Å². The maximum atomic E-state index is 9.02. The van der Waals surface area contributed by atoms with E-state index in [1.165, 1.54) is 0 Å². The summed E-state index contributed by atoms with van der Waals surface area (Å²) in [5.74, 6) is 0. The predicted octanol–water partition coefficient (Wildman–Crippen LogP) is 1.01. The second-order valence-electron chi connectivity index (χ2n) is 3.87. The van der Waals surface area contributed by atoms with Crippen molar-refractivity contribution in [3.8, 4) is 0 Å². The molecule has 0 saturated heterocycles. The van der Waals surface area contributed by atoms with Gasteiger partial charge in [0.2, 0.25) is 0 Å².